The first kappa shape index (κ1) is 23.9. The number of methoxy groups -OCH3 is 2. The summed E-state index contributed by atoms with van der Waals surface area (Å²) in [5.41, 5.74) is 3.24. The maximum Gasteiger partial charge on any atom is 0.336 e. The van der Waals surface area contributed by atoms with Crippen molar-refractivity contribution in [2.45, 2.75) is 46.5 Å². The summed E-state index contributed by atoms with van der Waals surface area (Å²) >= 11 is 0. The second-order valence-corrected chi connectivity index (χ2v) is 8.88. The first-order valence-electron chi connectivity index (χ1n) is 10.9. The van der Waals surface area contributed by atoms with E-state index in [1.165, 1.54) is 0 Å². The van der Waals surface area contributed by atoms with Crippen LogP contribution in [0.25, 0.3) is 0 Å². The first-order chi connectivity index (χ1) is 15.2. The largest absolute Gasteiger partial charge is 0.493 e. The lowest BCUT2D eigenvalue weighted by atomic mass is 9.68. The number of Topliss-reactive ketones (excluding diaryl/α,β-unsaturated/α-hetero) is 1. The number of ketones is 1. The number of hydrogen-bond acceptors (Lipinski definition) is 7. The lowest BCUT2D eigenvalue weighted by molar-refractivity contribution is -0.140. The molecule has 0 spiro atoms. The molecule has 1 N–H and O–H groups in total. The molecule has 1 aliphatic heterocycles. The van der Waals surface area contributed by atoms with Gasteiger partial charge in [-0.2, -0.15) is 0 Å². The first-order valence-corrected chi connectivity index (χ1v) is 10.9. The van der Waals surface area contributed by atoms with Gasteiger partial charge < -0.3 is 24.3 Å². The van der Waals surface area contributed by atoms with E-state index < -0.39 is 11.9 Å². The Labute approximate surface area is 189 Å². The van der Waals surface area contributed by atoms with Gasteiger partial charge in [0.15, 0.2) is 17.3 Å². The van der Waals surface area contributed by atoms with Crippen LogP contribution in [-0.2, 0) is 19.1 Å². The molecule has 1 heterocycles. The monoisotopic (exact) mass is 443 g/mol. The van der Waals surface area contributed by atoms with Crippen LogP contribution in [0, 0.1) is 5.41 Å². The van der Waals surface area contributed by atoms with Crippen molar-refractivity contribution in [1.82, 2.24) is 5.32 Å². The van der Waals surface area contributed by atoms with E-state index in [0.717, 1.165) is 17.7 Å². The number of nitrogens with one attached hydrogen (secondary N) is 1. The van der Waals surface area contributed by atoms with Gasteiger partial charge in [0.25, 0.3) is 0 Å². The highest BCUT2D eigenvalue weighted by atomic mass is 16.6. The fourth-order valence-corrected chi connectivity index (χ4v) is 4.49. The molecule has 1 aromatic rings. The summed E-state index contributed by atoms with van der Waals surface area (Å²) in [6.07, 6.45) is 1.14. The van der Waals surface area contributed by atoms with E-state index in [1.807, 2.05) is 26.0 Å². The van der Waals surface area contributed by atoms with Crippen molar-refractivity contribution < 1.29 is 28.5 Å². The molecule has 0 bridgehead atoms. The van der Waals surface area contributed by atoms with Gasteiger partial charge in [-0.3, -0.25) is 4.79 Å². The van der Waals surface area contributed by atoms with Crippen LogP contribution in [0.2, 0.25) is 0 Å². The molecule has 1 atom stereocenters. The van der Waals surface area contributed by atoms with Gasteiger partial charge in [0, 0.05) is 35.9 Å². The molecule has 0 unspecified atom stereocenters. The number of allylic oxidation sites excluding steroid dienone is 3. The number of hydrogen-bond donors (Lipinski definition) is 1. The molecule has 0 aromatic heterocycles. The standard InChI is InChI=1S/C25H33NO6/c1-7-31-10-11-32-24(28)21-15(2)26-17-13-25(3,4)14-18(27)23(17)22(21)16-8-9-19(29-5)20(12-16)30-6/h8-9,12,22,26H,7,10-11,13-14H2,1-6H3/t22-/m0/s1. The quantitative estimate of drug-likeness (QED) is 0.482. The lowest BCUT2D eigenvalue weighted by Gasteiger charge is -2.39. The minimum Gasteiger partial charge on any atom is -0.493 e. The predicted octanol–water partition coefficient (Wildman–Crippen LogP) is 3.89. The summed E-state index contributed by atoms with van der Waals surface area (Å²) < 4.78 is 21.7. The second-order valence-electron chi connectivity index (χ2n) is 8.88. The Bertz CT molecular complexity index is 959. The van der Waals surface area contributed by atoms with Crippen LogP contribution < -0.4 is 14.8 Å². The van der Waals surface area contributed by atoms with Gasteiger partial charge in [0.2, 0.25) is 0 Å². The highest BCUT2D eigenvalue weighted by Crippen LogP contribution is 2.47. The summed E-state index contributed by atoms with van der Waals surface area (Å²) in [5, 5.41) is 3.34. The van der Waals surface area contributed by atoms with E-state index in [0.29, 0.717) is 48.0 Å². The Balaban J connectivity index is 2.08. The fourth-order valence-electron chi connectivity index (χ4n) is 4.49. The smallest absolute Gasteiger partial charge is 0.336 e. The molecule has 3 rings (SSSR count). The normalized spacial score (nSPS) is 19.9. The van der Waals surface area contributed by atoms with Gasteiger partial charge in [0.05, 0.1) is 26.4 Å². The summed E-state index contributed by atoms with van der Waals surface area (Å²) in [6, 6.07) is 5.49. The molecule has 7 heteroatoms. The maximum atomic E-state index is 13.3. The number of ether oxygens (including phenoxy) is 4. The zero-order chi connectivity index (χ0) is 23.5. The fraction of sp³-hybridized carbons (Fsp3) is 0.520. The predicted molar refractivity (Wildman–Crippen MR) is 121 cm³/mol. The lowest BCUT2D eigenvalue weighted by Crippen LogP contribution is -2.38. The van der Waals surface area contributed by atoms with E-state index in [4.69, 9.17) is 18.9 Å². The van der Waals surface area contributed by atoms with Crippen molar-refractivity contribution >= 4 is 11.8 Å². The molecule has 0 radical (unpaired) electrons. The zero-order valence-corrected chi connectivity index (χ0v) is 19.8. The minimum atomic E-state index is -0.547. The molecule has 0 fully saturated rings. The van der Waals surface area contributed by atoms with Crippen molar-refractivity contribution in [3.63, 3.8) is 0 Å². The molecule has 0 amide bonds. The topological polar surface area (TPSA) is 83.1 Å². The Hall–Kier alpha value is -2.80. The zero-order valence-electron chi connectivity index (χ0n) is 19.8. The van der Waals surface area contributed by atoms with Crippen LogP contribution in [0.3, 0.4) is 0 Å². The van der Waals surface area contributed by atoms with Crippen molar-refractivity contribution in [3.8, 4) is 11.5 Å². The molecule has 1 aromatic carbocycles. The number of dihydropyridines is 1. The number of rotatable bonds is 8. The summed E-state index contributed by atoms with van der Waals surface area (Å²) in [6.45, 7) is 8.92. The van der Waals surface area contributed by atoms with Crippen LogP contribution in [0.5, 0.6) is 11.5 Å². The Morgan fingerprint density at radius 2 is 1.84 bits per heavy atom. The maximum absolute atomic E-state index is 13.3. The second kappa shape index (κ2) is 9.77. The van der Waals surface area contributed by atoms with E-state index >= 15 is 0 Å². The average Bonchev–Trinajstić information content (AvgIpc) is 2.74. The molecule has 1 aliphatic carbocycles. The molecule has 0 saturated carbocycles. The third-order valence-corrected chi connectivity index (χ3v) is 5.87. The third-order valence-electron chi connectivity index (χ3n) is 5.87. The third kappa shape index (κ3) is 4.83. The highest BCUT2D eigenvalue weighted by molar-refractivity contribution is 6.04. The van der Waals surface area contributed by atoms with Crippen LogP contribution >= 0.6 is 0 Å². The van der Waals surface area contributed by atoms with Crippen LogP contribution in [-0.4, -0.2) is 45.8 Å². The molecule has 7 nitrogen and oxygen atoms in total. The van der Waals surface area contributed by atoms with Crippen LogP contribution in [0.4, 0.5) is 0 Å². The van der Waals surface area contributed by atoms with E-state index in [9.17, 15) is 9.59 Å². The van der Waals surface area contributed by atoms with Gasteiger partial charge in [0.1, 0.15) is 6.61 Å². The Kier molecular flexibility index (Phi) is 7.29. The minimum absolute atomic E-state index is 0.0376. The Morgan fingerprint density at radius 3 is 2.50 bits per heavy atom. The molecular formula is C25H33NO6. The van der Waals surface area contributed by atoms with E-state index in [-0.39, 0.29) is 17.8 Å². The number of benzene rings is 1. The van der Waals surface area contributed by atoms with Crippen LogP contribution in [0.15, 0.2) is 40.7 Å². The van der Waals surface area contributed by atoms with Gasteiger partial charge in [-0.1, -0.05) is 19.9 Å². The molecule has 32 heavy (non-hydrogen) atoms. The SMILES string of the molecule is CCOCCOC(=O)C1=C(C)NC2=C(C(=O)CC(C)(C)C2)[C@H]1c1ccc(OC)c(OC)c1. The molecule has 0 saturated heterocycles. The average molecular weight is 444 g/mol. The summed E-state index contributed by atoms with van der Waals surface area (Å²) in [7, 11) is 3.13. The molecular weight excluding hydrogens is 410 g/mol. The molecule has 2 aliphatic rings. The van der Waals surface area contributed by atoms with Crippen LogP contribution in [0.1, 0.15) is 52.0 Å². The van der Waals surface area contributed by atoms with Crippen molar-refractivity contribution in [3.05, 3.63) is 46.3 Å². The van der Waals surface area contributed by atoms with Gasteiger partial charge >= 0.3 is 5.97 Å². The van der Waals surface area contributed by atoms with Crippen molar-refractivity contribution in [1.29, 1.82) is 0 Å². The van der Waals surface area contributed by atoms with Gasteiger partial charge in [-0.15, -0.1) is 0 Å². The van der Waals surface area contributed by atoms with E-state index in [1.54, 1.807) is 20.3 Å². The number of esters is 1. The summed E-state index contributed by atoms with van der Waals surface area (Å²) in [4.78, 5) is 26.5. The van der Waals surface area contributed by atoms with Crippen molar-refractivity contribution in [2.75, 3.05) is 34.0 Å². The van der Waals surface area contributed by atoms with Crippen molar-refractivity contribution in [2.24, 2.45) is 5.41 Å². The summed E-state index contributed by atoms with van der Waals surface area (Å²) in [5.74, 6) is 0.150. The number of carbonyl (C=O) groups excluding carboxylic acids is 2. The van der Waals surface area contributed by atoms with E-state index in [2.05, 4.69) is 19.2 Å². The number of carbonyl (C=O) groups is 2. The van der Waals surface area contributed by atoms with Gasteiger partial charge in [-0.05, 0) is 43.4 Å². The highest BCUT2D eigenvalue weighted by Gasteiger charge is 2.43. The molecule has 174 valence electrons. The van der Waals surface area contributed by atoms with Gasteiger partial charge in [-0.25, -0.2) is 4.79 Å². The Morgan fingerprint density at radius 1 is 1.12 bits per heavy atom.